The Bertz CT molecular complexity index is 1940. The van der Waals surface area contributed by atoms with Crippen molar-refractivity contribution in [2.75, 3.05) is 7.11 Å². The van der Waals surface area contributed by atoms with Crippen LogP contribution < -0.4 is 15.0 Å². The molecule has 0 fully saturated rings. The number of carbonyl (C=O) groups is 1. The lowest BCUT2D eigenvalue weighted by Crippen LogP contribution is -2.20. The Balaban J connectivity index is 1.53. The molecule has 0 saturated heterocycles. The second kappa shape index (κ2) is 12.1. The van der Waals surface area contributed by atoms with Crippen LogP contribution in [0, 0.1) is 0 Å². The number of methoxy groups -OCH3 is 1. The van der Waals surface area contributed by atoms with E-state index in [0.717, 1.165) is 16.8 Å². The van der Waals surface area contributed by atoms with Gasteiger partial charge in [0.25, 0.3) is 5.56 Å². The lowest BCUT2D eigenvalue weighted by Gasteiger charge is -2.14. The number of nitrogens with zero attached hydrogens (tertiary/aromatic N) is 3. The first-order valence-electron chi connectivity index (χ1n) is 12.6. The number of hydrogen-bond acceptors (Lipinski definition) is 6. The second-order valence-electron chi connectivity index (χ2n) is 9.21. The summed E-state index contributed by atoms with van der Waals surface area (Å²) in [6, 6.07) is 20.6. The highest BCUT2D eigenvalue weighted by atomic mass is 79.9. The third-order valence-corrected chi connectivity index (χ3v) is 7.05. The standard InChI is InChI=1S/C31H21BrF3N3O5/c1-42-26-14-21(24(32)15-27(26)43-17-18-6-4-8-20(12-18)30(40)41)16-36-38-28(19-7-5-9-22(13-19)31(33,34)35)37-25-11-3-2-10-23(25)29(38)39/h2-16H,17H2,1H3,(H,40,41). The van der Waals surface area contributed by atoms with Crippen LogP contribution in [0.4, 0.5) is 13.2 Å². The first-order valence-corrected chi connectivity index (χ1v) is 13.4. The van der Waals surface area contributed by atoms with Crippen LogP contribution in [-0.4, -0.2) is 34.1 Å². The van der Waals surface area contributed by atoms with Gasteiger partial charge in [0.2, 0.25) is 0 Å². The highest BCUT2D eigenvalue weighted by Crippen LogP contribution is 2.34. The third kappa shape index (κ3) is 6.44. The van der Waals surface area contributed by atoms with E-state index in [9.17, 15) is 27.9 Å². The molecule has 43 heavy (non-hydrogen) atoms. The van der Waals surface area contributed by atoms with E-state index < -0.39 is 23.3 Å². The van der Waals surface area contributed by atoms with Crippen LogP contribution >= 0.6 is 15.9 Å². The molecule has 0 aliphatic heterocycles. The molecule has 4 aromatic carbocycles. The number of para-hydroxylation sites is 1. The monoisotopic (exact) mass is 651 g/mol. The lowest BCUT2D eigenvalue weighted by atomic mass is 10.1. The number of alkyl halides is 3. The van der Waals surface area contributed by atoms with Gasteiger partial charge >= 0.3 is 12.1 Å². The van der Waals surface area contributed by atoms with E-state index in [1.54, 1.807) is 48.5 Å². The molecule has 0 amide bonds. The van der Waals surface area contributed by atoms with Gasteiger partial charge < -0.3 is 14.6 Å². The van der Waals surface area contributed by atoms with Crippen molar-refractivity contribution in [3.8, 4) is 22.9 Å². The first kappa shape index (κ1) is 29.5. The average Bonchev–Trinajstić information content (AvgIpc) is 3.00. The van der Waals surface area contributed by atoms with Crippen molar-refractivity contribution < 1.29 is 32.5 Å². The summed E-state index contributed by atoms with van der Waals surface area (Å²) in [5, 5.41) is 13.8. The number of aromatic carboxylic acids is 1. The zero-order valence-corrected chi connectivity index (χ0v) is 23.9. The summed E-state index contributed by atoms with van der Waals surface area (Å²) >= 11 is 3.46. The van der Waals surface area contributed by atoms with Crippen molar-refractivity contribution in [2.45, 2.75) is 12.8 Å². The Kier molecular flexibility index (Phi) is 8.31. The summed E-state index contributed by atoms with van der Waals surface area (Å²) in [4.78, 5) is 29.2. The molecule has 0 bridgehead atoms. The number of carboxylic acid groups (broad SMARTS) is 1. The molecule has 5 aromatic rings. The molecule has 0 spiro atoms. The number of fused-ring (bicyclic) bond motifs is 1. The number of rotatable bonds is 8. The van der Waals surface area contributed by atoms with E-state index in [4.69, 9.17) is 9.47 Å². The summed E-state index contributed by atoms with van der Waals surface area (Å²) in [7, 11) is 1.44. The van der Waals surface area contributed by atoms with Gasteiger partial charge in [0.1, 0.15) is 6.61 Å². The summed E-state index contributed by atoms with van der Waals surface area (Å²) < 4.78 is 53.2. The molecule has 1 aromatic heterocycles. The zero-order chi connectivity index (χ0) is 30.7. The molecule has 0 aliphatic carbocycles. The number of aromatic nitrogens is 2. The van der Waals surface area contributed by atoms with E-state index in [1.165, 1.54) is 37.6 Å². The summed E-state index contributed by atoms with van der Waals surface area (Å²) in [5.41, 5.74) is 0.137. The number of ether oxygens (including phenoxy) is 2. The number of carboxylic acids is 1. The third-order valence-electron chi connectivity index (χ3n) is 6.37. The molecular formula is C31H21BrF3N3O5. The molecule has 0 atom stereocenters. The molecule has 0 unspecified atom stereocenters. The SMILES string of the molecule is COc1cc(C=Nn2c(-c3cccc(C(F)(F)F)c3)nc3ccccc3c2=O)c(Br)cc1OCc1cccc(C(=O)O)c1. The molecular weight excluding hydrogens is 631 g/mol. The fourth-order valence-corrected chi connectivity index (χ4v) is 4.67. The Hall–Kier alpha value is -4.97. The highest BCUT2D eigenvalue weighted by Gasteiger charge is 2.31. The van der Waals surface area contributed by atoms with Gasteiger partial charge in [-0.1, -0.05) is 36.4 Å². The van der Waals surface area contributed by atoms with Crippen LogP contribution in [0.2, 0.25) is 0 Å². The average molecular weight is 652 g/mol. The van der Waals surface area contributed by atoms with Crippen LogP contribution in [-0.2, 0) is 12.8 Å². The lowest BCUT2D eigenvalue weighted by molar-refractivity contribution is -0.137. The minimum Gasteiger partial charge on any atom is -0.493 e. The van der Waals surface area contributed by atoms with Crippen molar-refractivity contribution in [1.29, 1.82) is 0 Å². The zero-order valence-electron chi connectivity index (χ0n) is 22.3. The highest BCUT2D eigenvalue weighted by molar-refractivity contribution is 9.10. The number of benzene rings is 4. The quantitative estimate of drug-likeness (QED) is 0.181. The molecule has 8 nitrogen and oxygen atoms in total. The van der Waals surface area contributed by atoms with Gasteiger partial charge in [-0.25, -0.2) is 9.78 Å². The van der Waals surface area contributed by atoms with Gasteiger partial charge in [0.15, 0.2) is 17.3 Å². The molecule has 218 valence electrons. The predicted octanol–water partition coefficient (Wildman–Crippen LogP) is 7.01. The number of hydrogen-bond donors (Lipinski definition) is 1. The summed E-state index contributed by atoms with van der Waals surface area (Å²) in [6.07, 6.45) is -3.24. The molecule has 5 rings (SSSR count). The van der Waals surface area contributed by atoms with Gasteiger partial charge in [-0.15, -0.1) is 0 Å². The van der Waals surface area contributed by atoms with Crippen LogP contribution in [0.5, 0.6) is 11.5 Å². The van der Waals surface area contributed by atoms with Crippen molar-refractivity contribution in [1.82, 2.24) is 9.66 Å². The van der Waals surface area contributed by atoms with E-state index in [0.29, 0.717) is 32.6 Å². The fourth-order valence-electron chi connectivity index (χ4n) is 4.25. The van der Waals surface area contributed by atoms with Gasteiger partial charge in [0, 0.05) is 15.6 Å². The molecule has 1 heterocycles. The van der Waals surface area contributed by atoms with E-state index in [-0.39, 0.29) is 28.9 Å². The molecule has 0 aliphatic rings. The van der Waals surface area contributed by atoms with Crippen LogP contribution in [0.25, 0.3) is 22.3 Å². The number of halogens is 4. The molecule has 12 heteroatoms. The Labute approximate surface area is 250 Å². The second-order valence-corrected chi connectivity index (χ2v) is 10.1. The largest absolute Gasteiger partial charge is 0.493 e. The first-order chi connectivity index (χ1) is 20.5. The Morgan fingerprint density at radius 1 is 1.02 bits per heavy atom. The van der Waals surface area contributed by atoms with Crippen molar-refractivity contribution in [3.63, 3.8) is 0 Å². The maximum atomic E-state index is 13.5. The topological polar surface area (TPSA) is 103 Å². The maximum absolute atomic E-state index is 13.5. The van der Waals surface area contributed by atoms with Gasteiger partial charge in [-0.2, -0.15) is 22.9 Å². The smallest absolute Gasteiger partial charge is 0.416 e. The van der Waals surface area contributed by atoms with Crippen molar-refractivity contribution in [2.24, 2.45) is 5.10 Å². The molecule has 0 saturated carbocycles. The van der Waals surface area contributed by atoms with Crippen LogP contribution in [0.1, 0.15) is 27.0 Å². The van der Waals surface area contributed by atoms with Gasteiger partial charge in [-0.05, 0) is 70.0 Å². The fraction of sp³-hybridized carbons (Fsp3) is 0.0968. The van der Waals surface area contributed by atoms with E-state index in [2.05, 4.69) is 26.0 Å². The van der Waals surface area contributed by atoms with E-state index in [1.807, 2.05) is 0 Å². The molecule has 1 N–H and O–H groups in total. The van der Waals surface area contributed by atoms with Crippen LogP contribution in [0.15, 0.2) is 99.3 Å². The maximum Gasteiger partial charge on any atom is 0.416 e. The van der Waals surface area contributed by atoms with E-state index >= 15 is 0 Å². The minimum atomic E-state index is -4.59. The normalized spacial score (nSPS) is 11.7. The van der Waals surface area contributed by atoms with Crippen molar-refractivity contribution in [3.05, 3.63) is 122 Å². The predicted molar refractivity (Wildman–Crippen MR) is 158 cm³/mol. The summed E-state index contributed by atoms with van der Waals surface area (Å²) in [5.74, 6) is -0.456. The van der Waals surface area contributed by atoms with Crippen molar-refractivity contribution >= 4 is 39.0 Å². The summed E-state index contributed by atoms with van der Waals surface area (Å²) in [6.45, 7) is 0.0653. The molecule has 0 radical (unpaired) electrons. The Morgan fingerprint density at radius 3 is 2.53 bits per heavy atom. The van der Waals surface area contributed by atoms with Gasteiger partial charge in [-0.3, -0.25) is 4.79 Å². The van der Waals surface area contributed by atoms with Crippen LogP contribution in [0.3, 0.4) is 0 Å². The van der Waals surface area contributed by atoms with Gasteiger partial charge in [0.05, 0.1) is 35.4 Å². The minimum absolute atomic E-state index is 0.0576. The Morgan fingerprint density at radius 2 is 1.79 bits per heavy atom.